The summed E-state index contributed by atoms with van der Waals surface area (Å²) in [5.74, 6) is 0.215. The third-order valence-corrected chi connectivity index (χ3v) is 4.35. The molecule has 1 unspecified atom stereocenters. The largest absolute Gasteiger partial charge is 0.369 e. The van der Waals surface area contributed by atoms with Gasteiger partial charge in [0.2, 0.25) is 5.95 Å². The Morgan fingerprint density at radius 3 is 2.86 bits per heavy atom. The molecule has 9 nitrogen and oxygen atoms in total. The minimum absolute atomic E-state index is 0.0141. The lowest BCUT2D eigenvalue weighted by Crippen LogP contribution is -2.22. The number of nitrogens with two attached hydrogens (primary N) is 1. The molecule has 1 aliphatic heterocycles. The van der Waals surface area contributed by atoms with Crippen LogP contribution in [0.4, 0.5) is 5.95 Å². The molecule has 0 saturated carbocycles. The van der Waals surface area contributed by atoms with Gasteiger partial charge in [0.1, 0.15) is 6.23 Å². The second-order valence-electron chi connectivity index (χ2n) is 5.77. The van der Waals surface area contributed by atoms with Gasteiger partial charge in [0, 0.05) is 12.3 Å². The molecule has 9 heteroatoms. The van der Waals surface area contributed by atoms with Crippen molar-refractivity contribution in [1.29, 1.82) is 0 Å². The Kier molecular flexibility index (Phi) is 3.63. The number of hydrogen-bond donors (Lipinski definition) is 4. The van der Waals surface area contributed by atoms with Crippen LogP contribution in [0.1, 0.15) is 26.5 Å². The van der Waals surface area contributed by atoms with E-state index in [0.717, 1.165) is 0 Å². The van der Waals surface area contributed by atoms with Crippen LogP contribution in [0.15, 0.2) is 11.1 Å². The van der Waals surface area contributed by atoms with Gasteiger partial charge in [-0.25, -0.2) is 4.98 Å². The lowest BCUT2D eigenvalue weighted by Gasteiger charge is -2.18. The van der Waals surface area contributed by atoms with Crippen molar-refractivity contribution in [3.05, 3.63) is 16.7 Å². The fraction of sp³-hybridized carbons (Fsp3) is 0.615. The highest BCUT2D eigenvalue weighted by molar-refractivity contribution is 5.70. The number of aromatic amines is 1. The molecule has 22 heavy (non-hydrogen) atoms. The zero-order chi connectivity index (χ0) is 16.0. The first kappa shape index (κ1) is 14.9. The Labute approximate surface area is 125 Å². The highest BCUT2D eigenvalue weighted by atomic mass is 16.5. The maximum absolute atomic E-state index is 11.8. The summed E-state index contributed by atoms with van der Waals surface area (Å²) in [6, 6.07) is 0. The Hall–Kier alpha value is -1.97. The average Bonchev–Trinajstić information content (AvgIpc) is 2.95. The van der Waals surface area contributed by atoms with E-state index in [1.165, 1.54) is 6.33 Å². The zero-order valence-corrected chi connectivity index (χ0v) is 12.3. The van der Waals surface area contributed by atoms with Gasteiger partial charge in [-0.15, -0.1) is 0 Å². The maximum atomic E-state index is 11.8. The molecule has 4 atom stereocenters. The van der Waals surface area contributed by atoms with Crippen LogP contribution in [0.5, 0.6) is 0 Å². The van der Waals surface area contributed by atoms with Gasteiger partial charge in [-0.05, 0) is 5.92 Å². The summed E-state index contributed by atoms with van der Waals surface area (Å²) in [7, 11) is 0. The Bertz CT molecular complexity index is 740. The third-order valence-electron chi connectivity index (χ3n) is 4.35. The Morgan fingerprint density at radius 2 is 2.18 bits per heavy atom. The third kappa shape index (κ3) is 2.36. The van der Waals surface area contributed by atoms with Gasteiger partial charge in [-0.2, -0.15) is 4.98 Å². The number of rotatable bonds is 3. The molecule has 1 fully saturated rings. The number of aliphatic hydroxyl groups excluding tert-OH is 1. The van der Waals surface area contributed by atoms with Crippen molar-refractivity contribution in [3.63, 3.8) is 0 Å². The summed E-state index contributed by atoms with van der Waals surface area (Å²) >= 11 is 0. The SMILES string of the molecule is CC1[C@@H](CC(O)O)O[C@@H](n2cnc3c(=O)[nH]c(N)nc32)[C@H]1C. The van der Waals surface area contributed by atoms with Crippen molar-refractivity contribution in [2.24, 2.45) is 11.8 Å². The number of hydrogen-bond acceptors (Lipinski definition) is 7. The van der Waals surface area contributed by atoms with Gasteiger partial charge in [0.05, 0.1) is 12.4 Å². The molecule has 3 heterocycles. The first-order chi connectivity index (χ1) is 10.4. The van der Waals surface area contributed by atoms with Gasteiger partial charge in [-0.3, -0.25) is 14.3 Å². The minimum Gasteiger partial charge on any atom is -0.369 e. The fourth-order valence-electron chi connectivity index (χ4n) is 2.95. The van der Waals surface area contributed by atoms with E-state index in [1.54, 1.807) is 4.57 Å². The summed E-state index contributed by atoms with van der Waals surface area (Å²) in [6.45, 7) is 3.99. The van der Waals surface area contributed by atoms with Crippen molar-refractivity contribution in [2.45, 2.75) is 38.9 Å². The molecular formula is C13H19N5O4. The first-order valence-electron chi connectivity index (χ1n) is 7.12. The number of aliphatic hydroxyl groups is 2. The van der Waals surface area contributed by atoms with Gasteiger partial charge in [-0.1, -0.05) is 13.8 Å². The quantitative estimate of drug-likeness (QED) is 0.564. The van der Waals surface area contributed by atoms with E-state index in [4.69, 9.17) is 20.7 Å². The highest BCUT2D eigenvalue weighted by Crippen LogP contribution is 2.41. The van der Waals surface area contributed by atoms with E-state index >= 15 is 0 Å². The van der Waals surface area contributed by atoms with E-state index in [2.05, 4.69) is 15.0 Å². The molecule has 2 aromatic heterocycles. The molecule has 5 N–H and O–H groups in total. The second-order valence-corrected chi connectivity index (χ2v) is 5.77. The first-order valence-corrected chi connectivity index (χ1v) is 7.12. The Balaban J connectivity index is 1.99. The van der Waals surface area contributed by atoms with E-state index in [-0.39, 0.29) is 35.8 Å². The van der Waals surface area contributed by atoms with Crippen molar-refractivity contribution in [2.75, 3.05) is 5.73 Å². The summed E-state index contributed by atoms with van der Waals surface area (Å²) in [5, 5.41) is 18.3. The topological polar surface area (TPSA) is 139 Å². The monoisotopic (exact) mass is 309 g/mol. The van der Waals surface area contributed by atoms with Crippen molar-refractivity contribution in [3.8, 4) is 0 Å². The number of fused-ring (bicyclic) bond motifs is 1. The van der Waals surface area contributed by atoms with Crippen LogP contribution in [-0.4, -0.2) is 42.1 Å². The van der Waals surface area contributed by atoms with E-state index < -0.39 is 18.1 Å². The molecule has 1 saturated heterocycles. The molecular weight excluding hydrogens is 290 g/mol. The van der Waals surface area contributed by atoms with Crippen LogP contribution >= 0.6 is 0 Å². The number of nitrogen functional groups attached to an aromatic ring is 1. The van der Waals surface area contributed by atoms with E-state index in [9.17, 15) is 4.79 Å². The fourth-order valence-corrected chi connectivity index (χ4v) is 2.95. The zero-order valence-electron chi connectivity index (χ0n) is 12.3. The molecule has 0 radical (unpaired) electrons. The van der Waals surface area contributed by atoms with Crippen LogP contribution in [0.3, 0.4) is 0 Å². The lowest BCUT2D eigenvalue weighted by molar-refractivity contribution is -0.0950. The number of aromatic nitrogens is 4. The predicted octanol–water partition coefficient (Wildman–Crippen LogP) is -0.428. The summed E-state index contributed by atoms with van der Waals surface area (Å²) in [6.07, 6.45) is -0.480. The summed E-state index contributed by atoms with van der Waals surface area (Å²) in [4.78, 5) is 22.4. The minimum atomic E-state index is -1.42. The van der Waals surface area contributed by atoms with Crippen molar-refractivity contribution < 1.29 is 14.9 Å². The highest BCUT2D eigenvalue weighted by Gasteiger charge is 2.41. The van der Waals surface area contributed by atoms with Gasteiger partial charge in [0.15, 0.2) is 17.5 Å². The molecule has 0 spiro atoms. The van der Waals surface area contributed by atoms with Crippen LogP contribution < -0.4 is 11.3 Å². The smallest absolute Gasteiger partial charge is 0.280 e. The van der Waals surface area contributed by atoms with Crippen LogP contribution in [0.2, 0.25) is 0 Å². The number of H-pyrrole nitrogens is 1. The van der Waals surface area contributed by atoms with Gasteiger partial charge in [0.25, 0.3) is 5.56 Å². The molecule has 1 aliphatic rings. The number of nitrogens with one attached hydrogen (secondary N) is 1. The van der Waals surface area contributed by atoms with Gasteiger partial charge < -0.3 is 20.7 Å². The number of imidazole rings is 1. The molecule has 120 valence electrons. The Morgan fingerprint density at radius 1 is 1.45 bits per heavy atom. The van der Waals surface area contributed by atoms with E-state index in [0.29, 0.717) is 5.65 Å². The molecule has 0 amide bonds. The molecule has 0 aliphatic carbocycles. The van der Waals surface area contributed by atoms with Crippen molar-refractivity contribution >= 4 is 17.1 Å². The normalized spacial score (nSPS) is 28.8. The molecule has 0 aromatic carbocycles. The van der Waals surface area contributed by atoms with Crippen LogP contribution in [0.25, 0.3) is 11.2 Å². The van der Waals surface area contributed by atoms with Crippen molar-refractivity contribution in [1.82, 2.24) is 19.5 Å². The maximum Gasteiger partial charge on any atom is 0.280 e. The molecule has 3 rings (SSSR count). The van der Waals surface area contributed by atoms with Crippen LogP contribution in [0, 0.1) is 11.8 Å². The number of nitrogens with zero attached hydrogens (tertiary/aromatic N) is 3. The summed E-state index contributed by atoms with van der Waals surface area (Å²) < 4.78 is 7.61. The van der Waals surface area contributed by atoms with E-state index in [1.807, 2.05) is 13.8 Å². The number of ether oxygens (including phenoxy) is 1. The van der Waals surface area contributed by atoms with Gasteiger partial charge >= 0.3 is 0 Å². The van der Waals surface area contributed by atoms with Crippen LogP contribution in [-0.2, 0) is 4.74 Å². The predicted molar refractivity (Wildman–Crippen MR) is 77.6 cm³/mol. The standard InChI is InChI=1S/C13H19N5O4/c1-5-6(2)12(22-7(5)3-8(19)20)18-4-15-9-10(18)16-13(14)17-11(9)21/h4-8,12,19-20H,3H2,1-2H3,(H3,14,16,17,21)/t5?,6-,7+,12+/m0/s1. The average molecular weight is 309 g/mol. The molecule has 0 bridgehead atoms. The summed E-state index contributed by atoms with van der Waals surface area (Å²) in [5.41, 5.74) is 5.75. The lowest BCUT2D eigenvalue weighted by atomic mass is 9.91. The number of anilines is 1. The second kappa shape index (κ2) is 5.34. The molecule has 2 aromatic rings.